The van der Waals surface area contributed by atoms with Gasteiger partial charge in [0, 0.05) is 5.69 Å². The van der Waals surface area contributed by atoms with E-state index in [2.05, 4.69) is 0 Å². The second kappa shape index (κ2) is 1.65. The Labute approximate surface area is 44.2 Å². The maximum Gasteiger partial charge on any atom is 0.0623 e. The summed E-state index contributed by atoms with van der Waals surface area (Å²) in [5.41, 5.74) is 6.05. The molecule has 2 N–H and O–H groups in total. The van der Waals surface area contributed by atoms with Crippen LogP contribution in [0.15, 0.2) is 30.3 Å². The van der Waals surface area contributed by atoms with E-state index in [9.17, 15) is 0 Å². The molecular weight excluding hydrogens is 86.1 g/mol. The molecule has 0 aliphatic rings. The van der Waals surface area contributed by atoms with Gasteiger partial charge in [0.15, 0.2) is 0 Å². The summed E-state index contributed by atoms with van der Waals surface area (Å²) in [5.74, 6) is 0. The first-order valence-electron chi connectivity index (χ1n) is 2.61. The molecule has 1 aromatic carbocycles. The summed E-state index contributed by atoms with van der Waals surface area (Å²) >= 11 is 0. The highest BCUT2D eigenvalue weighted by molar-refractivity contribution is 5.35. The summed E-state index contributed by atoms with van der Waals surface area (Å²) in [4.78, 5) is 0. The average Bonchev–Trinajstić information content (AvgIpc) is 1.77. The zero-order valence-corrected chi connectivity index (χ0v) is 3.89. The molecule has 0 unspecified atom stereocenters. The van der Waals surface area contributed by atoms with Gasteiger partial charge in [-0.15, -0.1) is 0 Å². The number of nitrogen functional groups attached to an aromatic ring is 1. The lowest BCUT2D eigenvalue weighted by Crippen LogP contribution is -1.79. The molecule has 1 rings (SSSR count). The first-order chi connectivity index (χ1) is 3.79. The normalized spacial score (nSPS) is 10.6. The summed E-state index contributed by atoms with van der Waals surface area (Å²) in [6.45, 7) is 0. The van der Waals surface area contributed by atoms with Crippen molar-refractivity contribution in [1.82, 2.24) is 0 Å². The summed E-state index contributed by atoms with van der Waals surface area (Å²) < 4.78 is 7.04. The Balaban J connectivity index is 3.03. The zero-order chi connectivity index (χ0) is 5.98. The van der Waals surface area contributed by atoms with Gasteiger partial charge < -0.3 is 5.73 Å². The summed E-state index contributed by atoms with van der Waals surface area (Å²) in [7, 11) is 0. The highest BCUT2D eigenvalue weighted by Gasteiger charge is 1.72. The maximum atomic E-state index is 7.04. The van der Waals surface area contributed by atoms with Crippen molar-refractivity contribution in [3.8, 4) is 0 Å². The van der Waals surface area contributed by atoms with E-state index in [1.54, 1.807) is 24.3 Å². The Morgan fingerprint density at radius 3 is 2.43 bits per heavy atom. The second-order valence-corrected chi connectivity index (χ2v) is 1.33. The van der Waals surface area contributed by atoms with E-state index >= 15 is 0 Å². The van der Waals surface area contributed by atoms with E-state index in [1.165, 1.54) is 0 Å². The van der Waals surface area contributed by atoms with Crippen LogP contribution in [0.5, 0.6) is 0 Å². The SMILES string of the molecule is [2H]c1ccc(N)cc1. The molecule has 1 heteroatoms. The first kappa shape index (κ1) is 3.08. The summed E-state index contributed by atoms with van der Waals surface area (Å²) in [5, 5.41) is 0. The smallest absolute Gasteiger partial charge is 0.0623 e. The molecule has 0 saturated carbocycles. The van der Waals surface area contributed by atoms with Crippen LogP contribution in [-0.2, 0) is 0 Å². The lowest BCUT2D eigenvalue weighted by molar-refractivity contribution is 1.69. The van der Waals surface area contributed by atoms with Gasteiger partial charge in [0.1, 0.15) is 0 Å². The fourth-order valence-corrected chi connectivity index (χ4v) is 0.400. The van der Waals surface area contributed by atoms with Gasteiger partial charge in [-0.25, -0.2) is 0 Å². The van der Waals surface area contributed by atoms with E-state index in [4.69, 9.17) is 7.10 Å². The molecular formula is C6H7N. The van der Waals surface area contributed by atoms with Gasteiger partial charge in [0.25, 0.3) is 0 Å². The largest absolute Gasteiger partial charge is 0.399 e. The Hall–Kier alpha value is -0.980. The van der Waals surface area contributed by atoms with E-state index in [0.29, 0.717) is 11.7 Å². The third-order valence-electron chi connectivity index (χ3n) is 0.744. The number of nitrogens with two attached hydrogens (primary N) is 1. The minimum absolute atomic E-state index is 0.499. The maximum absolute atomic E-state index is 7.04. The van der Waals surface area contributed by atoms with Crippen molar-refractivity contribution in [3.63, 3.8) is 0 Å². The quantitative estimate of drug-likeness (QED) is 0.481. The summed E-state index contributed by atoms with van der Waals surface area (Å²) in [6.07, 6.45) is 0. The van der Waals surface area contributed by atoms with Gasteiger partial charge in [-0.2, -0.15) is 0 Å². The number of anilines is 1. The average molecular weight is 94.1 g/mol. The van der Waals surface area contributed by atoms with E-state index in [1.807, 2.05) is 0 Å². The minimum Gasteiger partial charge on any atom is -0.399 e. The molecule has 0 bridgehead atoms. The van der Waals surface area contributed by atoms with Gasteiger partial charge in [-0.05, 0) is 12.1 Å². The van der Waals surface area contributed by atoms with Gasteiger partial charge in [-0.1, -0.05) is 18.2 Å². The van der Waals surface area contributed by atoms with Gasteiger partial charge in [-0.3, -0.25) is 0 Å². The molecule has 0 aliphatic carbocycles. The molecule has 0 spiro atoms. The Kier molecular flexibility index (Phi) is 0.724. The van der Waals surface area contributed by atoms with Crippen LogP contribution in [0.2, 0.25) is 0 Å². The summed E-state index contributed by atoms with van der Waals surface area (Å²) in [6, 6.07) is 7.24. The Morgan fingerprint density at radius 1 is 1.43 bits per heavy atom. The number of rotatable bonds is 0. The van der Waals surface area contributed by atoms with E-state index in [-0.39, 0.29) is 0 Å². The molecule has 0 saturated heterocycles. The third kappa shape index (κ3) is 0.929. The number of hydrogen-bond acceptors (Lipinski definition) is 1. The van der Waals surface area contributed by atoms with Gasteiger partial charge in [0.2, 0.25) is 0 Å². The lowest BCUT2D eigenvalue weighted by atomic mass is 10.3. The minimum atomic E-state index is 0.499. The van der Waals surface area contributed by atoms with Crippen molar-refractivity contribution >= 4 is 5.69 Å². The predicted octanol–water partition coefficient (Wildman–Crippen LogP) is 1.27. The number of benzene rings is 1. The van der Waals surface area contributed by atoms with Crippen LogP contribution in [0.4, 0.5) is 5.69 Å². The fraction of sp³-hybridized carbons (Fsp3) is 0. The highest BCUT2D eigenvalue weighted by atomic mass is 14.5. The van der Waals surface area contributed by atoms with Crippen molar-refractivity contribution < 1.29 is 1.37 Å². The molecule has 1 aromatic rings. The van der Waals surface area contributed by atoms with Gasteiger partial charge >= 0.3 is 0 Å². The monoisotopic (exact) mass is 94.1 g/mol. The zero-order valence-electron chi connectivity index (χ0n) is 4.89. The topological polar surface area (TPSA) is 26.0 Å². The Bertz CT molecular complexity index is 147. The van der Waals surface area contributed by atoms with Crippen molar-refractivity contribution in [3.05, 3.63) is 30.3 Å². The highest BCUT2D eigenvalue weighted by Crippen LogP contribution is 1.95. The molecule has 7 heavy (non-hydrogen) atoms. The van der Waals surface area contributed by atoms with Crippen molar-refractivity contribution in [2.24, 2.45) is 0 Å². The van der Waals surface area contributed by atoms with Crippen molar-refractivity contribution in [2.45, 2.75) is 0 Å². The molecule has 0 radical (unpaired) electrons. The standard InChI is InChI=1S/C6H7N/c7-6-4-2-1-3-5-6/h1-5H,7H2/i1D. The third-order valence-corrected chi connectivity index (χ3v) is 0.744. The molecule has 0 aliphatic heterocycles. The number of para-hydroxylation sites is 1. The molecule has 0 fully saturated rings. The van der Waals surface area contributed by atoms with Crippen LogP contribution < -0.4 is 5.73 Å². The van der Waals surface area contributed by atoms with Crippen LogP contribution in [0.1, 0.15) is 1.37 Å². The molecule has 1 nitrogen and oxygen atoms in total. The molecule has 0 amide bonds. The van der Waals surface area contributed by atoms with Crippen molar-refractivity contribution in [2.75, 3.05) is 5.73 Å². The van der Waals surface area contributed by atoms with Crippen LogP contribution in [0, 0.1) is 0 Å². The van der Waals surface area contributed by atoms with Crippen LogP contribution >= 0.6 is 0 Å². The van der Waals surface area contributed by atoms with Gasteiger partial charge in [0.05, 0.1) is 1.37 Å². The molecule has 0 atom stereocenters. The van der Waals surface area contributed by atoms with E-state index < -0.39 is 0 Å². The van der Waals surface area contributed by atoms with Crippen LogP contribution in [0.25, 0.3) is 0 Å². The molecule has 36 valence electrons. The second-order valence-electron chi connectivity index (χ2n) is 1.33. The fourth-order valence-electron chi connectivity index (χ4n) is 0.400. The predicted molar refractivity (Wildman–Crippen MR) is 30.9 cm³/mol. The van der Waals surface area contributed by atoms with Crippen LogP contribution in [-0.4, -0.2) is 0 Å². The lowest BCUT2D eigenvalue weighted by Gasteiger charge is -1.83. The Morgan fingerprint density at radius 2 is 2.00 bits per heavy atom. The molecule has 0 aromatic heterocycles. The van der Waals surface area contributed by atoms with Crippen molar-refractivity contribution in [1.29, 1.82) is 0 Å². The number of hydrogen-bond donors (Lipinski definition) is 1. The van der Waals surface area contributed by atoms with E-state index in [0.717, 1.165) is 0 Å². The van der Waals surface area contributed by atoms with Crippen LogP contribution in [0.3, 0.4) is 0 Å². The molecule has 0 heterocycles. The first-order valence-corrected chi connectivity index (χ1v) is 2.11.